The molecule has 1 unspecified atom stereocenters. The molecule has 1 atom stereocenters. The molecule has 2 fully saturated rings. The van der Waals surface area contributed by atoms with E-state index < -0.39 is 45.0 Å². The Balaban J connectivity index is 1.61. The van der Waals surface area contributed by atoms with Gasteiger partial charge in [0.05, 0.1) is 34.2 Å². The number of rotatable bonds is 11. The number of pyridine rings is 1. The van der Waals surface area contributed by atoms with Crippen LogP contribution in [0.25, 0.3) is 22.2 Å². The van der Waals surface area contributed by atoms with Crippen molar-refractivity contribution in [1.82, 2.24) is 20.1 Å². The molecule has 55 heavy (non-hydrogen) atoms. The number of halogens is 6. The molecule has 0 aliphatic carbocycles. The maximum absolute atomic E-state index is 14.7. The van der Waals surface area contributed by atoms with E-state index >= 15 is 0 Å². The van der Waals surface area contributed by atoms with Gasteiger partial charge in [-0.3, -0.25) is 9.69 Å². The summed E-state index contributed by atoms with van der Waals surface area (Å²) in [7, 11) is -4.10. The van der Waals surface area contributed by atoms with E-state index in [2.05, 4.69) is 10.2 Å². The van der Waals surface area contributed by atoms with Crippen LogP contribution in [0.3, 0.4) is 0 Å². The average Bonchev–Trinajstić information content (AvgIpc) is 3.68. The topological polar surface area (TPSA) is 91.8 Å². The van der Waals surface area contributed by atoms with E-state index in [1.165, 1.54) is 68.4 Å². The average molecular weight is 791 g/mol. The summed E-state index contributed by atoms with van der Waals surface area (Å²) in [5.74, 6) is -1.29. The number of ether oxygens (including phenoxy) is 1. The predicted molar refractivity (Wildman–Crippen MR) is 197 cm³/mol. The van der Waals surface area contributed by atoms with Gasteiger partial charge in [-0.05, 0) is 96.4 Å². The number of hydrogen-bond acceptors (Lipinski definition) is 7. The van der Waals surface area contributed by atoms with Gasteiger partial charge >= 0.3 is 12.4 Å². The van der Waals surface area contributed by atoms with Crippen LogP contribution in [0.15, 0.2) is 71.6 Å². The Labute approximate surface area is 316 Å². The molecule has 0 spiro atoms. The molecule has 2 aliphatic rings. The van der Waals surface area contributed by atoms with Gasteiger partial charge in [0.1, 0.15) is 10.6 Å². The van der Waals surface area contributed by atoms with Gasteiger partial charge in [-0.15, -0.1) is 0 Å². The van der Waals surface area contributed by atoms with Gasteiger partial charge in [0.15, 0.2) is 15.9 Å². The molecule has 2 aliphatic heterocycles. The number of nitrogens with one attached hydrogen (secondary N) is 1. The van der Waals surface area contributed by atoms with Crippen molar-refractivity contribution in [2.45, 2.75) is 87.6 Å². The van der Waals surface area contributed by atoms with Gasteiger partial charge in [-0.25, -0.2) is 13.4 Å². The number of benzene rings is 3. The highest BCUT2D eigenvalue weighted by molar-refractivity contribution is 7.92. The number of sulfone groups is 1. The Bertz CT molecular complexity index is 2110. The summed E-state index contributed by atoms with van der Waals surface area (Å²) in [5.41, 5.74) is -1.56. The molecule has 296 valence electrons. The minimum atomic E-state index is -4.95. The van der Waals surface area contributed by atoms with Gasteiger partial charge in [0.2, 0.25) is 0 Å². The van der Waals surface area contributed by atoms with Crippen molar-refractivity contribution in [2.75, 3.05) is 32.8 Å². The largest absolute Gasteiger partial charge is 0.492 e. The molecule has 8 nitrogen and oxygen atoms in total. The quantitative estimate of drug-likeness (QED) is 0.152. The van der Waals surface area contributed by atoms with Crippen molar-refractivity contribution in [3.8, 4) is 17.0 Å². The first-order valence-electron chi connectivity index (χ1n) is 18.4. The van der Waals surface area contributed by atoms with E-state index in [9.17, 15) is 39.6 Å². The van der Waals surface area contributed by atoms with Crippen molar-refractivity contribution in [3.05, 3.63) is 89.0 Å². The Hall–Kier alpha value is -4.21. The number of alkyl halides is 6. The molecular weight excluding hydrogens is 747 g/mol. The maximum Gasteiger partial charge on any atom is 0.416 e. The fraction of sp³-hybridized carbons (Fsp3) is 0.450. The molecule has 2 saturated heterocycles. The number of aromatic nitrogens is 1. The number of fused-ring (bicyclic) bond motifs is 1. The molecular formula is C40H44F6N4O4S. The molecule has 6 rings (SSSR count). The summed E-state index contributed by atoms with van der Waals surface area (Å²) in [6.07, 6.45) is -5.90. The molecule has 4 aromatic rings. The van der Waals surface area contributed by atoms with Gasteiger partial charge < -0.3 is 15.0 Å². The Morgan fingerprint density at radius 3 is 2.20 bits per heavy atom. The first kappa shape index (κ1) is 40.5. The van der Waals surface area contributed by atoms with Crippen LogP contribution in [0, 0.1) is 0 Å². The van der Waals surface area contributed by atoms with Crippen molar-refractivity contribution >= 4 is 26.6 Å². The highest BCUT2D eigenvalue weighted by atomic mass is 32.2. The maximum atomic E-state index is 14.7. The zero-order chi connectivity index (χ0) is 39.7. The van der Waals surface area contributed by atoms with Crippen LogP contribution >= 0.6 is 0 Å². The third-order valence-corrected chi connectivity index (χ3v) is 12.6. The van der Waals surface area contributed by atoms with Crippen LogP contribution in [0.1, 0.15) is 79.5 Å². The van der Waals surface area contributed by atoms with Crippen LogP contribution in [-0.2, 0) is 22.6 Å². The fourth-order valence-corrected chi connectivity index (χ4v) is 8.71. The number of amides is 1. The third-order valence-electron chi connectivity index (χ3n) is 10.4. The monoisotopic (exact) mass is 790 g/mol. The van der Waals surface area contributed by atoms with Crippen LogP contribution in [0.2, 0.25) is 0 Å². The van der Waals surface area contributed by atoms with E-state index in [1.54, 1.807) is 6.92 Å². The van der Waals surface area contributed by atoms with Crippen LogP contribution < -0.4 is 10.1 Å². The van der Waals surface area contributed by atoms with Crippen molar-refractivity contribution in [3.63, 3.8) is 0 Å². The van der Waals surface area contributed by atoms with E-state index in [-0.39, 0.29) is 62.6 Å². The highest BCUT2D eigenvalue weighted by Gasteiger charge is 2.43. The number of likely N-dealkylation sites (tertiary alicyclic amines) is 2. The second-order valence-corrected chi connectivity index (χ2v) is 16.8. The minimum absolute atomic E-state index is 0.0139. The summed E-state index contributed by atoms with van der Waals surface area (Å²) in [4.78, 5) is 23.6. The first-order valence-corrected chi connectivity index (χ1v) is 20.0. The lowest BCUT2D eigenvalue weighted by Gasteiger charge is -2.37. The molecule has 3 aromatic carbocycles. The molecule has 0 bridgehead atoms. The lowest BCUT2D eigenvalue weighted by atomic mass is 9.93. The summed E-state index contributed by atoms with van der Waals surface area (Å²) in [6, 6.07) is 11.5. The Morgan fingerprint density at radius 2 is 1.60 bits per heavy atom. The van der Waals surface area contributed by atoms with Gasteiger partial charge in [0, 0.05) is 35.2 Å². The number of carbonyl (C=O) groups is 1. The van der Waals surface area contributed by atoms with E-state index in [1.807, 2.05) is 4.90 Å². The molecule has 1 amide bonds. The fourth-order valence-electron chi connectivity index (χ4n) is 7.53. The summed E-state index contributed by atoms with van der Waals surface area (Å²) in [5, 5.41) is 1.14. The van der Waals surface area contributed by atoms with Crippen molar-refractivity contribution in [1.29, 1.82) is 0 Å². The van der Waals surface area contributed by atoms with E-state index in [0.29, 0.717) is 19.1 Å². The normalized spacial score (nSPS) is 17.2. The van der Waals surface area contributed by atoms with Crippen molar-refractivity contribution in [2.24, 2.45) is 0 Å². The van der Waals surface area contributed by atoms with E-state index in [0.717, 1.165) is 50.9 Å². The SMILES string of the molecule is CCOc1cc2nc(-c3cccc(C(F)(F)F)c3)c(CN3CCC(N4CCCC4)CC3)c(C(=O)NC(c3ccccc3)C(F)(F)F)c2cc1S(=O)(=O)C(C)C. The van der Waals surface area contributed by atoms with Crippen LogP contribution in [0.4, 0.5) is 26.3 Å². The molecule has 0 radical (unpaired) electrons. The molecule has 15 heteroatoms. The second kappa shape index (κ2) is 16.1. The van der Waals surface area contributed by atoms with Crippen LogP contribution in [0.5, 0.6) is 5.75 Å². The Kier molecular flexibility index (Phi) is 11.8. The van der Waals surface area contributed by atoms with Gasteiger partial charge in [-0.2, -0.15) is 26.3 Å². The van der Waals surface area contributed by atoms with Crippen LogP contribution in [-0.4, -0.2) is 79.4 Å². The van der Waals surface area contributed by atoms with Gasteiger partial charge in [-0.1, -0.05) is 42.5 Å². The summed E-state index contributed by atoms with van der Waals surface area (Å²) in [6.45, 7) is 7.63. The summed E-state index contributed by atoms with van der Waals surface area (Å²) < 4.78 is 120. The predicted octanol–water partition coefficient (Wildman–Crippen LogP) is 8.60. The lowest BCUT2D eigenvalue weighted by Crippen LogP contribution is -2.44. The number of nitrogens with zero attached hydrogens (tertiary/aromatic N) is 3. The third kappa shape index (κ3) is 8.78. The van der Waals surface area contributed by atoms with Gasteiger partial charge in [0.25, 0.3) is 5.91 Å². The Morgan fingerprint density at radius 1 is 0.927 bits per heavy atom. The summed E-state index contributed by atoms with van der Waals surface area (Å²) >= 11 is 0. The molecule has 1 aromatic heterocycles. The first-order chi connectivity index (χ1) is 26.0. The lowest BCUT2D eigenvalue weighted by molar-refractivity contribution is -0.155. The molecule has 0 saturated carbocycles. The molecule has 1 N–H and O–H groups in total. The number of carbonyl (C=O) groups excluding carboxylic acids is 1. The van der Waals surface area contributed by atoms with E-state index in [4.69, 9.17) is 9.72 Å². The minimum Gasteiger partial charge on any atom is -0.492 e. The van der Waals surface area contributed by atoms with Crippen molar-refractivity contribution < 1.29 is 44.3 Å². The second-order valence-electron chi connectivity index (χ2n) is 14.3. The molecule has 3 heterocycles. The number of piperidine rings is 1. The zero-order valence-corrected chi connectivity index (χ0v) is 31.6. The highest BCUT2D eigenvalue weighted by Crippen LogP contribution is 2.40. The standard InChI is InChI=1S/C40H44F6N4O4S/c1-4-54-33-23-32-30(22-34(33)55(52,53)25(2)3)35(38(51)48-37(40(44,45)46)26-11-6-5-7-12-26)31(24-49-19-15-29(16-20-49)50-17-8-9-18-50)36(47-32)27-13-10-14-28(21-27)39(41,42)43/h5-7,10-14,21-23,25,29,37H,4,8-9,15-20,24H2,1-3H3,(H,48,51). The number of hydrogen-bond donors (Lipinski definition) is 1. The zero-order valence-electron chi connectivity index (χ0n) is 30.8. The smallest absolute Gasteiger partial charge is 0.416 e.